The molecule has 3 heterocycles. The molecular formula is C16H18N4O2. The number of morpholine rings is 1. The molecule has 1 saturated heterocycles. The smallest absolute Gasteiger partial charge is 0.274 e. The Morgan fingerprint density at radius 1 is 1.41 bits per heavy atom. The number of carbonyl (C=O) groups excluding carboxylic acids is 1. The van der Waals surface area contributed by atoms with Crippen LogP contribution >= 0.6 is 0 Å². The monoisotopic (exact) mass is 298 g/mol. The molecule has 0 bridgehead atoms. The molecule has 4 rings (SSSR count). The first-order chi connectivity index (χ1) is 10.8. The Kier molecular flexibility index (Phi) is 3.38. The Balaban J connectivity index is 1.53. The van der Waals surface area contributed by atoms with Crippen LogP contribution < -0.4 is 0 Å². The third-order valence-electron chi connectivity index (χ3n) is 4.42. The maximum Gasteiger partial charge on any atom is 0.274 e. The zero-order valence-corrected chi connectivity index (χ0v) is 12.3. The van der Waals surface area contributed by atoms with Gasteiger partial charge in [-0.1, -0.05) is 6.07 Å². The van der Waals surface area contributed by atoms with Crippen LogP contribution in [0.1, 0.15) is 39.8 Å². The first-order valence-corrected chi connectivity index (χ1v) is 7.70. The largest absolute Gasteiger partial charge is 0.370 e. The summed E-state index contributed by atoms with van der Waals surface area (Å²) in [4.78, 5) is 18.7. The summed E-state index contributed by atoms with van der Waals surface area (Å²) in [5.41, 5.74) is 3.83. The van der Waals surface area contributed by atoms with E-state index in [0.29, 0.717) is 25.4 Å². The fourth-order valence-electron chi connectivity index (χ4n) is 3.25. The number of ether oxygens (including phenoxy) is 1. The lowest BCUT2D eigenvalue weighted by molar-refractivity contribution is -0.0231. The van der Waals surface area contributed by atoms with Gasteiger partial charge in [-0.3, -0.25) is 14.9 Å². The number of H-pyrrole nitrogens is 1. The molecule has 1 aliphatic heterocycles. The summed E-state index contributed by atoms with van der Waals surface area (Å²) in [6, 6.07) is 3.87. The Bertz CT molecular complexity index is 683. The predicted octanol–water partition coefficient (Wildman–Crippen LogP) is 1.51. The van der Waals surface area contributed by atoms with Gasteiger partial charge in [-0.05, 0) is 25.3 Å². The van der Waals surface area contributed by atoms with Gasteiger partial charge in [0, 0.05) is 35.8 Å². The molecule has 0 aromatic carbocycles. The van der Waals surface area contributed by atoms with Gasteiger partial charge < -0.3 is 9.64 Å². The van der Waals surface area contributed by atoms with E-state index in [2.05, 4.69) is 15.2 Å². The molecule has 0 spiro atoms. The van der Waals surface area contributed by atoms with Crippen LogP contribution in [0.25, 0.3) is 0 Å². The number of aryl methyl sites for hydroxylation is 1. The zero-order chi connectivity index (χ0) is 14.9. The maximum absolute atomic E-state index is 12.8. The van der Waals surface area contributed by atoms with Crippen LogP contribution in [0, 0.1) is 0 Å². The summed E-state index contributed by atoms with van der Waals surface area (Å²) in [7, 11) is 0. The standard InChI is InChI=1S/C16H18N4O2/c21-16(15-12-4-1-5-13(12)18-19-15)20-7-8-22-14(10-20)11-3-2-6-17-9-11/h2-3,6,9,14H,1,4-5,7-8,10H2,(H,18,19)/t14-/m0/s1. The molecule has 22 heavy (non-hydrogen) atoms. The van der Waals surface area contributed by atoms with Crippen LogP contribution in [0.2, 0.25) is 0 Å². The number of aromatic amines is 1. The second-order valence-corrected chi connectivity index (χ2v) is 5.78. The Morgan fingerprint density at radius 2 is 2.36 bits per heavy atom. The number of hydrogen-bond donors (Lipinski definition) is 1. The molecule has 6 nitrogen and oxygen atoms in total. The van der Waals surface area contributed by atoms with E-state index in [1.807, 2.05) is 17.0 Å². The summed E-state index contributed by atoms with van der Waals surface area (Å²) < 4.78 is 5.79. The molecule has 1 N–H and O–H groups in total. The van der Waals surface area contributed by atoms with Gasteiger partial charge in [0.1, 0.15) is 6.10 Å². The number of pyridine rings is 1. The van der Waals surface area contributed by atoms with Crippen LogP contribution in [-0.4, -0.2) is 45.7 Å². The quantitative estimate of drug-likeness (QED) is 0.912. The molecule has 1 aliphatic carbocycles. The molecule has 0 unspecified atom stereocenters. The Labute approximate surface area is 128 Å². The molecular weight excluding hydrogens is 280 g/mol. The van der Waals surface area contributed by atoms with Crippen molar-refractivity contribution in [1.29, 1.82) is 0 Å². The van der Waals surface area contributed by atoms with E-state index in [9.17, 15) is 4.79 Å². The van der Waals surface area contributed by atoms with Crippen LogP contribution in [0.4, 0.5) is 0 Å². The van der Waals surface area contributed by atoms with Crippen molar-refractivity contribution >= 4 is 5.91 Å². The fourth-order valence-corrected chi connectivity index (χ4v) is 3.25. The van der Waals surface area contributed by atoms with Crippen LogP contribution in [0.3, 0.4) is 0 Å². The van der Waals surface area contributed by atoms with Crippen molar-refractivity contribution in [2.24, 2.45) is 0 Å². The number of nitrogens with one attached hydrogen (secondary N) is 1. The van der Waals surface area contributed by atoms with Gasteiger partial charge in [-0.2, -0.15) is 5.10 Å². The zero-order valence-electron chi connectivity index (χ0n) is 12.3. The highest BCUT2D eigenvalue weighted by atomic mass is 16.5. The van der Waals surface area contributed by atoms with E-state index in [0.717, 1.165) is 36.1 Å². The number of carbonyl (C=O) groups is 1. The van der Waals surface area contributed by atoms with Crippen LogP contribution in [-0.2, 0) is 17.6 Å². The van der Waals surface area contributed by atoms with Crippen molar-refractivity contribution in [3.63, 3.8) is 0 Å². The molecule has 1 fully saturated rings. The van der Waals surface area contributed by atoms with Crippen molar-refractivity contribution in [3.05, 3.63) is 47.0 Å². The average Bonchev–Trinajstić information content (AvgIpc) is 3.18. The topological polar surface area (TPSA) is 71.1 Å². The van der Waals surface area contributed by atoms with Gasteiger partial charge in [0.15, 0.2) is 5.69 Å². The Hall–Kier alpha value is -2.21. The van der Waals surface area contributed by atoms with Crippen LogP contribution in [0.15, 0.2) is 24.5 Å². The third kappa shape index (κ3) is 2.29. The summed E-state index contributed by atoms with van der Waals surface area (Å²) in [6.07, 6.45) is 6.47. The van der Waals surface area contributed by atoms with Gasteiger partial charge >= 0.3 is 0 Å². The number of hydrogen-bond acceptors (Lipinski definition) is 4. The average molecular weight is 298 g/mol. The second kappa shape index (κ2) is 5.53. The van der Waals surface area contributed by atoms with Crippen LogP contribution in [0.5, 0.6) is 0 Å². The highest BCUT2D eigenvalue weighted by Crippen LogP contribution is 2.26. The highest BCUT2D eigenvalue weighted by Gasteiger charge is 2.30. The SMILES string of the molecule is O=C(c1n[nH]c2c1CCC2)N1CCO[C@H](c2cccnc2)C1. The van der Waals surface area contributed by atoms with Gasteiger partial charge in [0.05, 0.1) is 13.2 Å². The second-order valence-electron chi connectivity index (χ2n) is 5.78. The van der Waals surface area contributed by atoms with E-state index in [1.165, 1.54) is 0 Å². The normalized spacial score (nSPS) is 20.9. The van der Waals surface area contributed by atoms with Gasteiger partial charge in [0.2, 0.25) is 0 Å². The van der Waals surface area contributed by atoms with Crippen molar-refractivity contribution in [2.45, 2.75) is 25.4 Å². The van der Waals surface area contributed by atoms with E-state index in [1.54, 1.807) is 12.4 Å². The van der Waals surface area contributed by atoms with Crippen molar-refractivity contribution in [1.82, 2.24) is 20.1 Å². The minimum absolute atomic E-state index is 0.0107. The number of amides is 1. The summed E-state index contributed by atoms with van der Waals surface area (Å²) in [5.74, 6) is 0.0107. The molecule has 6 heteroatoms. The molecule has 2 aromatic heterocycles. The number of fused-ring (bicyclic) bond motifs is 1. The number of nitrogens with zero attached hydrogens (tertiary/aromatic N) is 3. The van der Waals surface area contributed by atoms with E-state index in [-0.39, 0.29) is 12.0 Å². The molecule has 1 amide bonds. The Morgan fingerprint density at radius 3 is 3.23 bits per heavy atom. The van der Waals surface area contributed by atoms with Crippen molar-refractivity contribution in [2.75, 3.05) is 19.7 Å². The van der Waals surface area contributed by atoms with Crippen molar-refractivity contribution in [3.8, 4) is 0 Å². The number of rotatable bonds is 2. The molecule has 114 valence electrons. The van der Waals surface area contributed by atoms with Gasteiger partial charge in [-0.15, -0.1) is 0 Å². The fraction of sp³-hybridized carbons (Fsp3) is 0.438. The van der Waals surface area contributed by atoms with Crippen molar-refractivity contribution < 1.29 is 9.53 Å². The number of aromatic nitrogens is 3. The highest BCUT2D eigenvalue weighted by molar-refractivity contribution is 5.94. The lowest BCUT2D eigenvalue weighted by Crippen LogP contribution is -2.42. The lowest BCUT2D eigenvalue weighted by atomic mass is 10.1. The van der Waals surface area contributed by atoms with Gasteiger partial charge in [0.25, 0.3) is 5.91 Å². The summed E-state index contributed by atoms with van der Waals surface area (Å²) in [6.45, 7) is 1.70. The molecule has 1 atom stereocenters. The summed E-state index contributed by atoms with van der Waals surface area (Å²) in [5, 5.41) is 7.25. The molecule has 0 saturated carbocycles. The molecule has 2 aromatic rings. The van der Waals surface area contributed by atoms with E-state index < -0.39 is 0 Å². The maximum atomic E-state index is 12.8. The van der Waals surface area contributed by atoms with E-state index in [4.69, 9.17) is 4.74 Å². The molecule has 2 aliphatic rings. The minimum atomic E-state index is -0.113. The predicted molar refractivity (Wildman–Crippen MR) is 79.4 cm³/mol. The third-order valence-corrected chi connectivity index (χ3v) is 4.42. The van der Waals surface area contributed by atoms with E-state index >= 15 is 0 Å². The first-order valence-electron chi connectivity index (χ1n) is 7.70. The minimum Gasteiger partial charge on any atom is -0.370 e. The first kappa shape index (κ1) is 13.5. The summed E-state index contributed by atoms with van der Waals surface area (Å²) >= 11 is 0. The lowest BCUT2D eigenvalue weighted by Gasteiger charge is -2.32. The molecule has 0 radical (unpaired) electrons. The van der Waals surface area contributed by atoms with Gasteiger partial charge in [-0.25, -0.2) is 0 Å².